The standard InChI is InChI=1S/C19H12F6N4O3/c20-11-4-5-12(21)17(16(11)22)28-14-7-13(27-18(29-14)26-8-15(30)31)9-2-1-3-10(6-9)32-19(23,24)25/h1-7H,8H2,(H,30,31)(H2,26,27,28,29). The quantitative estimate of drug-likeness (QED) is 0.349. The third-order valence-corrected chi connectivity index (χ3v) is 3.78. The molecule has 3 rings (SSSR count). The fourth-order valence-corrected chi connectivity index (χ4v) is 2.52. The first-order chi connectivity index (χ1) is 15.0. The second-order valence-corrected chi connectivity index (χ2v) is 6.13. The van der Waals surface area contributed by atoms with Crippen LogP contribution in [0.1, 0.15) is 0 Å². The molecule has 0 unspecified atom stereocenters. The fraction of sp³-hybridized carbons (Fsp3) is 0.105. The minimum Gasteiger partial charge on any atom is -0.480 e. The number of nitrogens with one attached hydrogen (secondary N) is 2. The molecule has 0 aliphatic heterocycles. The summed E-state index contributed by atoms with van der Waals surface area (Å²) in [7, 11) is 0. The van der Waals surface area contributed by atoms with Gasteiger partial charge in [-0.1, -0.05) is 12.1 Å². The highest BCUT2D eigenvalue weighted by Gasteiger charge is 2.31. The highest BCUT2D eigenvalue weighted by Crippen LogP contribution is 2.30. The molecule has 168 valence electrons. The van der Waals surface area contributed by atoms with Gasteiger partial charge in [-0.25, -0.2) is 18.2 Å². The van der Waals surface area contributed by atoms with E-state index in [0.29, 0.717) is 12.1 Å². The van der Waals surface area contributed by atoms with Crippen LogP contribution in [0, 0.1) is 17.5 Å². The number of carboxylic acids is 1. The van der Waals surface area contributed by atoms with Crippen LogP contribution in [0.25, 0.3) is 11.3 Å². The minimum absolute atomic E-state index is 0.0553. The number of hydrogen-bond donors (Lipinski definition) is 3. The average Bonchev–Trinajstić information content (AvgIpc) is 2.71. The molecule has 2 aromatic carbocycles. The van der Waals surface area contributed by atoms with Crippen LogP contribution >= 0.6 is 0 Å². The Hall–Kier alpha value is -4.03. The zero-order valence-corrected chi connectivity index (χ0v) is 15.7. The molecule has 0 radical (unpaired) electrons. The summed E-state index contributed by atoms with van der Waals surface area (Å²) >= 11 is 0. The highest BCUT2D eigenvalue weighted by molar-refractivity contribution is 5.73. The molecule has 7 nitrogen and oxygen atoms in total. The molecule has 0 bridgehead atoms. The molecule has 0 aliphatic rings. The number of aliphatic carboxylic acids is 1. The van der Waals surface area contributed by atoms with Gasteiger partial charge in [-0.2, -0.15) is 4.98 Å². The van der Waals surface area contributed by atoms with Crippen molar-refractivity contribution in [3.05, 3.63) is 59.9 Å². The van der Waals surface area contributed by atoms with Gasteiger partial charge in [-0.15, -0.1) is 13.2 Å². The molecule has 1 heterocycles. The third kappa shape index (κ3) is 5.77. The van der Waals surface area contributed by atoms with Crippen LogP contribution < -0.4 is 15.4 Å². The van der Waals surface area contributed by atoms with Crippen molar-refractivity contribution < 1.29 is 41.0 Å². The van der Waals surface area contributed by atoms with Gasteiger partial charge in [0.2, 0.25) is 5.95 Å². The Morgan fingerprint density at radius 3 is 2.44 bits per heavy atom. The van der Waals surface area contributed by atoms with Crippen molar-refractivity contribution >= 4 is 23.4 Å². The molecule has 0 atom stereocenters. The second-order valence-electron chi connectivity index (χ2n) is 6.13. The first kappa shape index (κ1) is 22.7. The van der Waals surface area contributed by atoms with Crippen LogP contribution in [0.2, 0.25) is 0 Å². The van der Waals surface area contributed by atoms with E-state index >= 15 is 0 Å². The van der Waals surface area contributed by atoms with Crippen LogP contribution in [-0.2, 0) is 4.79 Å². The maximum atomic E-state index is 14.0. The molecule has 0 saturated heterocycles. The summed E-state index contributed by atoms with van der Waals surface area (Å²) in [6, 6.07) is 6.99. The van der Waals surface area contributed by atoms with Crippen LogP contribution in [0.5, 0.6) is 5.75 Å². The molecule has 1 aromatic heterocycles. The van der Waals surface area contributed by atoms with Crippen molar-refractivity contribution in [2.24, 2.45) is 0 Å². The van der Waals surface area contributed by atoms with Crippen molar-refractivity contribution in [1.29, 1.82) is 0 Å². The Bertz CT molecular complexity index is 1160. The molecule has 0 spiro atoms. The van der Waals surface area contributed by atoms with E-state index in [1.54, 1.807) is 0 Å². The van der Waals surface area contributed by atoms with E-state index in [9.17, 15) is 31.1 Å². The first-order valence-corrected chi connectivity index (χ1v) is 8.63. The van der Waals surface area contributed by atoms with E-state index in [1.807, 2.05) is 0 Å². The topological polar surface area (TPSA) is 96.4 Å². The normalized spacial score (nSPS) is 11.2. The Kier molecular flexibility index (Phi) is 6.37. The van der Waals surface area contributed by atoms with Gasteiger partial charge in [0.15, 0.2) is 11.6 Å². The van der Waals surface area contributed by atoms with E-state index in [-0.39, 0.29) is 23.0 Å². The lowest BCUT2D eigenvalue weighted by Gasteiger charge is -2.13. The molecule has 0 aliphatic carbocycles. The van der Waals surface area contributed by atoms with Crippen LogP contribution in [0.3, 0.4) is 0 Å². The number of anilines is 3. The molecule has 13 heteroatoms. The van der Waals surface area contributed by atoms with Gasteiger partial charge in [0, 0.05) is 11.6 Å². The maximum Gasteiger partial charge on any atom is 0.573 e. The van der Waals surface area contributed by atoms with E-state index in [1.165, 1.54) is 12.1 Å². The number of carbonyl (C=O) groups is 1. The predicted octanol–water partition coefficient (Wildman–Crippen LogP) is 4.70. The number of ether oxygens (including phenoxy) is 1. The number of rotatable bonds is 7. The van der Waals surface area contributed by atoms with Gasteiger partial charge in [0.1, 0.15) is 29.6 Å². The SMILES string of the molecule is O=C(O)CNc1nc(Nc2c(F)ccc(F)c2F)cc(-c2cccc(OC(F)(F)F)c2)n1. The Labute approximate surface area is 175 Å². The van der Waals surface area contributed by atoms with Crippen molar-refractivity contribution in [3.8, 4) is 17.0 Å². The molecule has 32 heavy (non-hydrogen) atoms. The van der Waals surface area contributed by atoms with Crippen LogP contribution in [0.4, 0.5) is 43.8 Å². The number of benzene rings is 2. The summed E-state index contributed by atoms with van der Waals surface area (Å²) in [6.07, 6.45) is -4.95. The number of hydrogen-bond acceptors (Lipinski definition) is 6. The number of alkyl halides is 3. The number of nitrogens with zero attached hydrogens (tertiary/aromatic N) is 2. The van der Waals surface area contributed by atoms with Gasteiger partial charge in [0.05, 0.1) is 5.69 Å². The number of carboxylic acid groups (broad SMARTS) is 1. The molecule has 0 amide bonds. The summed E-state index contributed by atoms with van der Waals surface area (Å²) in [6.45, 7) is -0.636. The zero-order chi connectivity index (χ0) is 23.5. The Morgan fingerprint density at radius 2 is 1.75 bits per heavy atom. The van der Waals surface area contributed by atoms with Crippen molar-refractivity contribution in [2.45, 2.75) is 6.36 Å². The van der Waals surface area contributed by atoms with Gasteiger partial charge in [-0.3, -0.25) is 4.79 Å². The summed E-state index contributed by atoms with van der Waals surface area (Å²) in [5, 5.41) is 13.4. The lowest BCUT2D eigenvalue weighted by atomic mass is 10.1. The van der Waals surface area contributed by atoms with E-state index in [2.05, 4.69) is 25.3 Å². The average molecular weight is 458 g/mol. The molecular formula is C19H12F6N4O3. The monoisotopic (exact) mass is 458 g/mol. The van der Waals surface area contributed by atoms with Crippen LogP contribution in [0.15, 0.2) is 42.5 Å². The second kappa shape index (κ2) is 8.99. The van der Waals surface area contributed by atoms with Crippen molar-refractivity contribution in [1.82, 2.24) is 9.97 Å². The largest absolute Gasteiger partial charge is 0.573 e. The lowest BCUT2D eigenvalue weighted by molar-refractivity contribution is -0.274. The van der Waals surface area contributed by atoms with Crippen LogP contribution in [-0.4, -0.2) is 34.0 Å². The number of halogens is 6. The summed E-state index contributed by atoms with van der Waals surface area (Å²) in [5.41, 5.74) is -0.857. The van der Waals surface area contributed by atoms with E-state index in [4.69, 9.17) is 5.11 Å². The summed E-state index contributed by atoms with van der Waals surface area (Å²) in [5.74, 6) is -6.50. The van der Waals surface area contributed by atoms with E-state index < -0.39 is 47.8 Å². The molecule has 0 saturated carbocycles. The van der Waals surface area contributed by atoms with Gasteiger partial charge in [-0.05, 0) is 24.3 Å². The zero-order valence-electron chi connectivity index (χ0n) is 15.7. The highest BCUT2D eigenvalue weighted by atomic mass is 19.4. The van der Waals surface area contributed by atoms with Crippen molar-refractivity contribution in [3.63, 3.8) is 0 Å². The Balaban J connectivity index is 2.03. The predicted molar refractivity (Wildman–Crippen MR) is 99.9 cm³/mol. The van der Waals surface area contributed by atoms with Gasteiger partial charge in [0.25, 0.3) is 0 Å². The van der Waals surface area contributed by atoms with Gasteiger partial charge >= 0.3 is 12.3 Å². The summed E-state index contributed by atoms with van der Waals surface area (Å²) < 4.78 is 82.8. The minimum atomic E-state index is -4.95. The lowest BCUT2D eigenvalue weighted by Crippen LogP contribution is -2.17. The first-order valence-electron chi connectivity index (χ1n) is 8.63. The fourth-order valence-electron chi connectivity index (χ4n) is 2.52. The third-order valence-electron chi connectivity index (χ3n) is 3.78. The van der Waals surface area contributed by atoms with Gasteiger partial charge < -0.3 is 20.5 Å². The van der Waals surface area contributed by atoms with E-state index in [0.717, 1.165) is 18.2 Å². The van der Waals surface area contributed by atoms with Crippen molar-refractivity contribution in [2.75, 3.05) is 17.2 Å². The molecule has 3 N–H and O–H groups in total. The molecular weight excluding hydrogens is 446 g/mol. The summed E-state index contributed by atoms with van der Waals surface area (Å²) in [4.78, 5) is 18.7. The number of aromatic nitrogens is 2. The Morgan fingerprint density at radius 1 is 1.03 bits per heavy atom. The smallest absolute Gasteiger partial charge is 0.480 e. The maximum absolute atomic E-state index is 14.0. The molecule has 3 aromatic rings. The molecule has 0 fully saturated rings.